The first-order valence-corrected chi connectivity index (χ1v) is 8.21. The normalized spacial score (nSPS) is 11.7. The Morgan fingerprint density at radius 3 is 2.61 bits per heavy atom. The van der Waals surface area contributed by atoms with E-state index < -0.39 is 15.8 Å². The van der Waals surface area contributed by atoms with E-state index in [-0.39, 0.29) is 23.7 Å². The largest absolute Gasteiger partial charge is 0.477 e. The van der Waals surface area contributed by atoms with Gasteiger partial charge < -0.3 is 10.8 Å². The number of nitrogens with two attached hydrogens (primary N) is 1. The molecule has 0 fully saturated rings. The van der Waals surface area contributed by atoms with Crippen LogP contribution in [0, 0.1) is 0 Å². The predicted octanol–water partition coefficient (Wildman–Crippen LogP) is 0.320. The fraction of sp³-hybridized carbons (Fsp3) is 0.556. The SMILES string of the molecule is CCSc1nn(CCS(C)(=O)=O)c(N)c1C(=O)O. The average Bonchev–Trinajstić information content (AvgIpc) is 2.52. The second-order valence-electron chi connectivity index (χ2n) is 3.66. The molecule has 0 amide bonds. The van der Waals surface area contributed by atoms with Crippen molar-refractivity contribution in [2.24, 2.45) is 0 Å². The molecule has 0 atom stereocenters. The number of carboxylic acids is 1. The Labute approximate surface area is 109 Å². The Hall–Kier alpha value is -1.22. The minimum absolute atomic E-state index is 0.0119. The molecule has 1 aromatic rings. The number of thioether (sulfide) groups is 1. The van der Waals surface area contributed by atoms with Crippen LogP contribution >= 0.6 is 11.8 Å². The van der Waals surface area contributed by atoms with Crippen LogP contribution in [0.3, 0.4) is 0 Å². The van der Waals surface area contributed by atoms with Crippen LogP contribution in [0.2, 0.25) is 0 Å². The summed E-state index contributed by atoms with van der Waals surface area (Å²) in [4.78, 5) is 11.1. The molecule has 102 valence electrons. The van der Waals surface area contributed by atoms with E-state index in [0.29, 0.717) is 10.8 Å². The number of aromatic nitrogens is 2. The van der Waals surface area contributed by atoms with Gasteiger partial charge in [-0.25, -0.2) is 17.9 Å². The van der Waals surface area contributed by atoms with E-state index >= 15 is 0 Å². The average molecular weight is 293 g/mol. The number of carboxylic acid groups (broad SMARTS) is 1. The smallest absolute Gasteiger partial charge is 0.342 e. The standard InChI is InChI=1S/C9H15N3O4S2/c1-3-17-8-6(9(13)14)7(10)12(11-8)4-5-18(2,15)16/h3-5,10H2,1-2H3,(H,13,14). The number of sulfone groups is 1. The predicted molar refractivity (Wildman–Crippen MR) is 69.7 cm³/mol. The monoisotopic (exact) mass is 293 g/mol. The van der Waals surface area contributed by atoms with Crippen molar-refractivity contribution < 1.29 is 18.3 Å². The number of nitrogens with zero attached hydrogens (tertiary/aromatic N) is 2. The topological polar surface area (TPSA) is 115 Å². The molecule has 0 aromatic carbocycles. The Kier molecular flexibility index (Phi) is 4.63. The van der Waals surface area contributed by atoms with E-state index in [0.717, 1.165) is 6.26 Å². The van der Waals surface area contributed by atoms with Crippen molar-refractivity contribution >= 4 is 33.4 Å². The molecule has 0 unspecified atom stereocenters. The van der Waals surface area contributed by atoms with Crippen LogP contribution < -0.4 is 5.73 Å². The molecule has 0 radical (unpaired) electrons. The molecule has 0 aliphatic carbocycles. The number of hydrogen-bond acceptors (Lipinski definition) is 6. The summed E-state index contributed by atoms with van der Waals surface area (Å²) in [5.41, 5.74) is 5.62. The quantitative estimate of drug-likeness (QED) is 0.726. The maximum Gasteiger partial charge on any atom is 0.342 e. The Balaban J connectivity index is 3.07. The lowest BCUT2D eigenvalue weighted by atomic mass is 10.3. The van der Waals surface area contributed by atoms with Gasteiger partial charge in [0.05, 0.1) is 12.3 Å². The number of anilines is 1. The maximum atomic E-state index is 11.1. The van der Waals surface area contributed by atoms with Gasteiger partial charge in [-0.2, -0.15) is 5.10 Å². The van der Waals surface area contributed by atoms with Crippen molar-refractivity contribution in [3.8, 4) is 0 Å². The molecule has 1 aromatic heterocycles. The molecular weight excluding hydrogens is 278 g/mol. The number of nitrogen functional groups attached to an aromatic ring is 1. The van der Waals surface area contributed by atoms with Gasteiger partial charge in [0.25, 0.3) is 0 Å². The summed E-state index contributed by atoms with van der Waals surface area (Å²) in [6.07, 6.45) is 1.10. The van der Waals surface area contributed by atoms with Crippen LogP contribution in [0.5, 0.6) is 0 Å². The molecule has 7 nitrogen and oxygen atoms in total. The number of aryl methyl sites for hydroxylation is 1. The van der Waals surface area contributed by atoms with Crippen molar-refractivity contribution in [1.82, 2.24) is 9.78 Å². The molecule has 0 saturated heterocycles. The molecule has 3 N–H and O–H groups in total. The summed E-state index contributed by atoms with van der Waals surface area (Å²) in [7, 11) is -3.15. The van der Waals surface area contributed by atoms with Crippen molar-refractivity contribution in [3.63, 3.8) is 0 Å². The van der Waals surface area contributed by atoms with Gasteiger partial charge in [0.15, 0.2) is 0 Å². The van der Waals surface area contributed by atoms with E-state index in [2.05, 4.69) is 5.10 Å². The lowest BCUT2D eigenvalue weighted by molar-refractivity contribution is 0.0694. The van der Waals surface area contributed by atoms with E-state index in [1.54, 1.807) is 0 Å². The molecule has 9 heteroatoms. The molecule has 0 bridgehead atoms. The number of carbonyl (C=O) groups is 1. The highest BCUT2D eigenvalue weighted by molar-refractivity contribution is 7.99. The number of hydrogen-bond donors (Lipinski definition) is 2. The van der Waals surface area contributed by atoms with Gasteiger partial charge in [0.1, 0.15) is 26.2 Å². The second-order valence-corrected chi connectivity index (χ2v) is 7.17. The third-order valence-electron chi connectivity index (χ3n) is 2.13. The van der Waals surface area contributed by atoms with Gasteiger partial charge in [0, 0.05) is 6.26 Å². The first-order chi connectivity index (χ1) is 8.26. The van der Waals surface area contributed by atoms with E-state index in [4.69, 9.17) is 10.8 Å². The van der Waals surface area contributed by atoms with E-state index in [9.17, 15) is 13.2 Å². The van der Waals surface area contributed by atoms with Gasteiger partial charge in [-0.15, -0.1) is 11.8 Å². The minimum Gasteiger partial charge on any atom is -0.477 e. The molecule has 1 rings (SSSR count). The third-order valence-corrected chi connectivity index (χ3v) is 3.90. The van der Waals surface area contributed by atoms with Crippen LogP contribution in [0.15, 0.2) is 5.03 Å². The van der Waals surface area contributed by atoms with Crippen LogP contribution in [-0.4, -0.2) is 47.0 Å². The summed E-state index contributed by atoms with van der Waals surface area (Å²) in [6, 6.07) is 0. The number of rotatable bonds is 6. The molecular formula is C9H15N3O4S2. The minimum atomic E-state index is -3.15. The van der Waals surface area contributed by atoms with Crippen LogP contribution in [-0.2, 0) is 16.4 Å². The Bertz CT molecular complexity index is 550. The van der Waals surface area contributed by atoms with Gasteiger partial charge in [-0.3, -0.25) is 0 Å². The van der Waals surface area contributed by atoms with Gasteiger partial charge in [-0.05, 0) is 5.75 Å². The molecule has 1 heterocycles. The van der Waals surface area contributed by atoms with Crippen molar-refractivity contribution in [2.45, 2.75) is 18.5 Å². The molecule has 0 spiro atoms. The molecule has 18 heavy (non-hydrogen) atoms. The molecule has 0 aliphatic rings. The van der Waals surface area contributed by atoms with E-state index in [1.807, 2.05) is 6.92 Å². The van der Waals surface area contributed by atoms with Gasteiger partial charge in [0.2, 0.25) is 0 Å². The summed E-state index contributed by atoms with van der Waals surface area (Å²) >= 11 is 1.26. The maximum absolute atomic E-state index is 11.1. The summed E-state index contributed by atoms with van der Waals surface area (Å²) in [6.45, 7) is 1.91. The first-order valence-electron chi connectivity index (χ1n) is 5.16. The van der Waals surface area contributed by atoms with Crippen molar-refractivity contribution in [2.75, 3.05) is 23.5 Å². The lowest BCUT2D eigenvalue weighted by Crippen LogP contribution is -2.14. The summed E-state index contributed by atoms with van der Waals surface area (Å²) < 4.78 is 23.4. The first kappa shape index (κ1) is 14.8. The van der Waals surface area contributed by atoms with Crippen LogP contribution in [0.25, 0.3) is 0 Å². The Morgan fingerprint density at radius 1 is 1.56 bits per heavy atom. The zero-order valence-corrected chi connectivity index (χ0v) is 11.7. The van der Waals surface area contributed by atoms with E-state index in [1.165, 1.54) is 16.4 Å². The zero-order chi connectivity index (χ0) is 13.9. The van der Waals surface area contributed by atoms with Crippen LogP contribution in [0.4, 0.5) is 5.82 Å². The number of aromatic carboxylic acids is 1. The highest BCUT2D eigenvalue weighted by atomic mass is 32.2. The second kappa shape index (κ2) is 5.61. The zero-order valence-electron chi connectivity index (χ0n) is 10.1. The summed E-state index contributed by atoms with van der Waals surface area (Å²) in [5.74, 6) is -0.645. The fourth-order valence-electron chi connectivity index (χ4n) is 1.31. The highest BCUT2D eigenvalue weighted by Crippen LogP contribution is 2.26. The van der Waals surface area contributed by atoms with Gasteiger partial charge >= 0.3 is 5.97 Å². The molecule has 0 aliphatic heterocycles. The lowest BCUT2D eigenvalue weighted by Gasteiger charge is -2.02. The van der Waals surface area contributed by atoms with Crippen molar-refractivity contribution in [1.29, 1.82) is 0 Å². The Morgan fingerprint density at radius 2 is 2.17 bits per heavy atom. The fourth-order valence-corrected chi connectivity index (χ4v) is 2.58. The van der Waals surface area contributed by atoms with Crippen LogP contribution in [0.1, 0.15) is 17.3 Å². The van der Waals surface area contributed by atoms with Crippen molar-refractivity contribution in [3.05, 3.63) is 5.56 Å². The summed E-state index contributed by atoms with van der Waals surface area (Å²) in [5, 5.41) is 13.4. The van der Waals surface area contributed by atoms with Gasteiger partial charge in [-0.1, -0.05) is 6.92 Å². The third kappa shape index (κ3) is 3.64. The highest BCUT2D eigenvalue weighted by Gasteiger charge is 2.21. The molecule has 0 saturated carbocycles.